The number of rotatable bonds is 3. The van der Waals surface area contributed by atoms with Crippen molar-refractivity contribution < 1.29 is 9.32 Å². The standard InChI is InChI=1S/C9H12N6O2/c1-4-7(8(10)14-13-4)9(16)11-3-6-12-5(2)15-17-6/h3H2,1-2H3,(H,11,16)(H3,10,13,14). The van der Waals surface area contributed by atoms with E-state index >= 15 is 0 Å². The van der Waals surface area contributed by atoms with Gasteiger partial charge in [0.05, 0.1) is 6.54 Å². The minimum absolute atomic E-state index is 0.156. The van der Waals surface area contributed by atoms with Gasteiger partial charge in [0.15, 0.2) is 11.6 Å². The summed E-state index contributed by atoms with van der Waals surface area (Å²) in [6, 6.07) is 0. The van der Waals surface area contributed by atoms with Gasteiger partial charge in [0.1, 0.15) is 5.56 Å². The highest BCUT2D eigenvalue weighted by atomic mass is 16.5. The lowest BCUT2D eigenvalue weighted by Crippen LogP contribution is -2.24. The summed E-state index contributed by atoms with van der Waals surface area (Å²) in [5.41, 5.74) is 6.51. The normalized spacial score (nSPS) is 10.5. The maximum absolute atomic E-state index is 11.8. The van der Waals surface area contributed by atoms with E-state index in [1.807, 2.05) is 0 Å². The number of carbonyl (C=O) groups is 1. The van der Waals surface area contributed by atoms with Gasteiger partial charge in [-0.2, -0.15) is 10.1 Å². The number of nitrogen functional groups attached to an aromatic ring is 1. The van der Waals surface area contributed by atoms with Gasteiger partial charge < -0.3 is 15.6 Å². The molecule has 0 aliphatic rings. The zero-order chi connectivity index (χ0) is 12.4. The molecule has 90 valence electrons. The number of hydrogen-bond acceptors (Lipinski definition) is 6. The first-order chi connectivity index (χ1) is 8.08. The van der Waals surface area contributed by atoms with Gasteiger partial charge in [-0.05, 0) is 13.8 Å². The van der Waals surface area contributed by atoms with Gasteiger partial charge in [0.2, 0.25) is 5.89 Å². The topological polar surface area (TPSA) is 123 Å². The maximum atomic E-state index is 11.8. The van der Waals surface area contributed by atoms with Crippen LogP contribution in [0, 0.1) is 13.8 Å². The van der Waals surface area contributed by atoms with Crippen molar-refractivity contribution >= 4 is 11.7 Å². The molecule has 0 unspecified atom stereocenters. The number of amides is 1. The van der Waals surface area contributed by atoms with Crippen molar-refractivity contribution in [3.05, 3.63) is 23.0 Å². The van der Waals surface area contributed by atoms with E-state index < -0.39 is 0 Å². The largest absolute Gasteiger partial charge is 0.382 e. The second-order valence-electron chi connectivity index (χ2n) is 3.53. The van der Waals surface area contributed by atoms with Gasteiger partial charge >= 0.3 is 0 Å². The molecule has 2 rings (SSSR count). The Morgan fingerprint density at radius 1 is 1.53 bits per heavy atom. The summed E-state index contributed by atoms with van der Waals surface area (Å²) in [6.45, 7) is 3.58. The van der Waals surface area contributed by atoms with Crippen molar-refractivity contribution in [2.45, 2.75) is 20.4 Å². The van der Waals surface area contributed by atoms with E-state index in [-0.39, 0.29) is 18.3 Å². The van der Waals surface area contributed by atoms with E-state index in [2.05, 4.69) is 25.7 Å². The summed E-state index contributed by atoms with van der Waals surface area (Å²) >= 11 is 0. The van der Waals surface area contributed by atoms with E-state index in [4.69, 9.17) is 10.3 Å². The summed E-state index contributed by atoms with van der Waals surface area (Å²) < 4.78 is 4.86. The summed E-state index contributed by atoms with van der Waals surface area (Å²) in [7, 11) is 0. The van der Waals surface area contributed by atoms with Crippen molar-refractivity contribution in [1.29, 1.82) is 0 Å². The molecular formula is C9H12N6O2. The Hall–Kier alpha value is -2.38. The van der Waals surface area contributed by atoms with Crippen LogP contribution in [0.15, 0.2) is 4.52 Å². The molecule has 0 aliphatic heterocycles. The fourth-order valence-corrected chi connectivity index (χ4v) is 1.39. The van der Waals surface area contributed by atoms with Gasteiger partial charge in [0.25, 0.3) is 5.91 Å². The van der Waals surface area contributed by atoms with Crippen LogP contribution in [0.25, 0.3) is 0 Å². The van der Waals surface area contributed by atoms with Crippen molar-refractivity contribution in [2.24, 2.45) is 0 Å². The fourth-order valence-electron chi connectivity index (χ4n) is 1.39. The molecule has 4 N–H and O–H groups in total. The van der Waals surface area contributed by atoms with E-state index in [9.17, 15) is 4.79 Å². The molecule has 1 amide bonds. The number of aryl methyl sites for hydroxylation is 2. The molecule has 2 aromatic rings. The van der Waals surface area contributed by atoms with Crippen molar-refractivity contribution in [3.8, 4) is 0 Å². The molecule has 2 heterocycles. The second-order valence-corrected chi connectivity index (χ2v) is 3.53. The molecule has 0 saturated heterocycles. The van der Waals surface area contributed by atoms with Gasteiger partial charge in [0, 0.05) is 5.69 Å². The van der Waals surface area contributed by atoms with Crippen LogP contribution in [-0.2, 0) is 6.54 Å². The van der Waals surface area contributed by atoms with Crippen LogP contribution in [-0.4, -0.2) is 26.2 Å². The monoisotopic (exact) mass is 236 g/mol. The predicted octanol–water partition coefficient (Wildman–Crippen LogP) is -0.0783. The van der Waals surface area contributed by atoms with E-state index in [0.29, 0.717) is 23.0 Å². The first-order valence-corrected chi connectivity index (χ1v) is 4.95. The molecule has 17 heavy (non-hydrogen) atoms. The fraction of sp³-hybridized carbons (Fsp3) is 0.333. The number of nitrogens with one attached hydrogen (secondary N) is 2. The van der Waals surface area contributed by atoms with Crippen LogP contribution in [0.5, 0.6) is 0 Å². The van der Waals surface area contributed by atoms with Crippen LogP contribution in [0.1, 0.15) is 27.8 Å². The number of anilines is 1. The molecule has 2 aromatic heterocycles. The Morgan fingerprint density at radius 2 is 2.29 bits per heavy atom. The van der Waals surface area contributed by atoms with Crippen LogP contribution < -0.4 is 11.1 Å². The Balaban J connectivity index is 2.03. The summed E-state index contributed by atoms with van der Waals surface area (Å²) in [5.74, 6) is 0.704. The zero-order valence-corrected chi connectivity index (χ0v) is 9.44. The summed E-state index contributed by atoms with van der Waals surface area (Å²) in [5, 5.41) is 12.6. The maximum Gasteiger partial charge on any atom is 0.257 e. The molecular weight excluding hydrogens is 224 g/mol. The molecule has 0 aromatic carbocycles. The van der Waals surface area contributed by atoms with Crippen LogP contribution in [0.2, 0.25) is 0 Å². The molecule has 8 nitrogen and oxygen atoms in total. The lowest BCUT2D eigenvalue weighted by Gasteiger charge is -2.01. The first-order valence-electron chi connectivity index (χ1n) is 4.95. The van der Waals surface area contributed by atoms with Crippen molar-refractivity contribution in [2.75, 3.05) is 5.73 Å². The predicted molar refractivity (Wildman–Crippen MR) is 57.9 cm³/mol. The van der Waals surface area contributed by atoms with Crippen molar-refractivity contribution in [1.82, 2.24) is 25.7 Å². The van der Waals surface area contributed by atoms with Crippen LogP contribution in [0.4, 0.5) is 5.82 Å². The highest BCUT2D eigenvalue weighted by Gasteiger charge is 2.16. The van der Waals surface area contributed by atoms with Gasteiger partial charge in [-0.25, -0.2) is 0 Å². The van der Waals surface area contributed by atoms with Crippen molar-refractivity contribution in [3.63, 3.8) is 0 Å². The molecule has 0 spiro atoms. The molecule has 0 aliphatic carbocycles. The Bertz CT molecular complexity index is 524. The van der Waals surface area contributed by atoms with E-state index in [0.717, 1.165) is 0 Å². The number of aromatic nitrogens is 4. The third-order valence-electron chi connectivity index (χ3n) is 2.17. The Morgan fingerprint density at radius 3 is 2.82 bits per heavy atom. The lowest BCUT2D eigenvalue weighted by atomic mass is 10.2. The first kappa shape index (κ1) is 11.1. The van der Waals surface area contributed by atoms with E-state index in [1.165, 1.54) is 0 Å². The van der Waals surface area contributed by atoms with Crippen LogP contribution in [0.3, 0.4) is 0 Å². The molecule has 0 atom stereocenters. The molecule has 0 bridgehead atoms. The number of nitrogens with zero attached hydrogens (tertiary/aromatic N) is 3. The zero-order valence-electron chi connectivity index (χ0n) is 9.44. The molecule has 0 fully saturated rings. The minimum atomic E-state index is -0.329. The molecule has 8 heteroatoms. The average molecular weight is 236 g/mol. The smallest absolute Gasteiger partial charge is 0.257 e. The lowest BCUT2D eigenvalue weighted by molar-refractivity contribution is 0.0946. The van der Waals surface area contributed by atoms with Gasteiger partial charge in [-0.3, -0.25) is 9.89 Å². The summed E-state index contributed by atoms with van der Waals surface area (Å²) in [6.07, 6.45) is 0. The molecule has 0 radical (unpaired) electrons. The minimum Gasteiger partial charge on any atom is -0.382 e. The third kappa shape index (κ3) is 2.25. The van der Waals surface area contributed by atoms with Gasteiger partial charge in [-0.15, -0.1) is 0 Å². The highest BCUT2D eigenvalue weighted by Crippen LogP contribution is 2.11. The van der Waals surface area contributed by atoms with Crippen LogP contribution >= 0.6 is 0 Å². The number of nitrogens with two attached hydrogens (primary N) is 1. The number of aromatic amines is 1. The quantitative estimate of drug-likeness (QED) is 0.685. The SMILES string of the molecule is Cc1noc(CNC(=O)c2c(N)n[nH]c2C)n1. The molecule has 0 saturated carbocycles. The number of hydrogen-bond donors (Lipinski definition) is 3. The van der Waals surface area contributed by atoms with E-state index in [1.54, 1.807) is 13.8 Å². The average Bonchev–Trinajstić information content (AvgIpc) is 2.83. The highest BCUT2D eigenvalue weighted by molar-refractivity contribution is 5.99. The second kappa shape index (κ2) is 4.24. The number of carbonyl (C=O) groups excluding carboxylic acids is 1. The summed E-state index contributed by atoms with van der Waals surface area (Å²) in [4.78, 5) is 15.7. The Kier molecular flexibility index (Phi) is 2.77. The van der Waals surface area contributed by atoms with Gasteiger partial charge in [-0.1, -0.05) is 5.16 Å². The number of H-pyrrole nitrogens is 1. The Labute approximate surface area is 96.6 Å². The third-order valence-corrected chi connectivity index (χ3v) is 2.17.